The summed E-state index contributed by atoms with van der Waals surface area (Å²) in [7, 11) is 3.23. The zero-order valence-corrected chi connectivity index (χ0v) is 17.2. The van der Waals surface area contributed by atoms with Gasteiger partial charge in [0.15, 0.2) is 5.79 Å². The third kappa shape index (κ3) is 5.89. The van der Waals surface area contributed by atoms with Crippen LogP contribution in [0.5, 0.6) is 0 Å². The molecule has 3 heterocycles. The second-order valence-electron chi connectivity index (χ2n) is 5.91. The highest BCUT2D eigenvalue weighted by atomic mass is 35.5. The molecule has 7 nitrogen and oxygen atoms in total. The van der Waals surface area contributed by atoms with Gasteiger partial charge in [0.05, 0.1) is 18.1 Å². The molecule has 2 aromatic rings. The molecule has 3 rings (SSSR count). The molecule has 148 valence electrons. The summed E-state index contributed by atoms with van der Waals surface area (Å²) < 4.78 is 17.4. The smallest absolute Gasteiger partial charge is 0.161 e. The number of fused-ring (bicyclic) bond motifs is 1. The van der Waals surface area contributed by atoms with Gasteiger partial charge in [0.2, 0.25) is 0 Å². The molecule has 0 saturated carbocycles. The minimum Gasteiger partial charge on any atom is -0.394 e. The van der Waals surface area contributed by atoms with Crippen molar-refractivity contribution in [1.82, 2.24) is 14.5 Å². The highest BCUT2D eigenvalue weighted by Gasteiger charge is 2.27. The van der Waals surface area contributed by atoms with Gasteiger partial charge in [0, 0.05) is 20.4 Å². The predicted octanol–water partition coefficient (Wildman–Crippen LogP) is 3.80. The van der Waals surface area contributed by atoms with E-state index >= 15 is 0 Å². The van der Waals surface area contributed by atoms with Gasteiger partial charge in [-0.2, -0.15) is 0 Å². The van der Waals surface area contributed by atoms with Crippen molar-refractivity contribution in [3.05, 3.63) is 23.7 Å². The Morgan fingerprint density at radius 3 is 2.42 bits per heavy atom. The predicted molar refractivity (Wildman–Crippen MR) is 102 cm³/mol. The van der Waals surface area contributed by atoms with Gasteiger partial charge < -0.3 is 23.9 Å². The number of rotatable bonds is 4. The molecule has 1 saturated heterocycles. The van der Waals surface area contributed by atoms with E-state index in [1.165, 1.54) is 6.33 Å². The number of hydrogen-bond acceptors (Lipinski definition) is 6. The maximum atomic E-state index is 9.06. The number of nitrogens with zero attached hydrogens (tertiary/aromatic N) is 3. The molecule has 0 spiro atoms. The average molecular weight is 388 g/mol. The molecule has 1 aliphatic rings. The number of methoxy groups -OCH3 is 2. The second kappa shape index (κ2) is 10.8. The Kier molecular flexibility index (Phi) is 9.46. The van der Waals surface area contributed by atoms with Crippen LogP contribution < -0.4 is 0 Å². The average Bonchev–Trinajstić information content (AvgIpc) is 3.31. The quantitative estimate of drug-likeness (QED) is 0.635. The Labute approximate surface area is 160 Å². The topological polar surface area (TPSA) is 78.6 Å². The van der Waals surface area contributed by atoms with Crippen molar-refractivity contribution in [3.8, 4) is 0 Å². The standard InChI is InChI=1S/C11H12ClN3O2.C5H12O2.C2H6/c12-10-8-3-4-15(11(8)14-6-13-10)9-2-1-7(5-16)17-9;1-5(2,6-3)7-4;1-2/h3-4,6-7,9,16H,1-2,5H2;1-4H3;1-2H3/t7-,9+;;/m0../s1. The zero-order valence-electron chi connectivity index (χ0n) is 16.4. The van der Waals surface area contributed by atoms with E-state index in [2.05, 4.69) is 9.97 Å². The lowest BCUT2D eigenvalue weighted by Gasteiger charge is -2.19. The van der Waals surface area contributed by atoms with E-state index < -0.39 is 5.79 Å². The first-order valence-corrected chi connectivity index (χ1v) is 9.13. The third-order valence-corrected chi connectivity index (χ3v) is 4.34. The van der Waals surface area contributed by atoms with Crippen molar-refractivity contribution in [2.24, 2.45) is 0 Å². The first-order chi connectivity index (χ1) is 12.4. The van der Waals surface area contributed by atoms with Gasteiger partial charge in [0.1, 0.15) is 23.4 Å². The summed E-state index contributed by atoms with van der Waals surface area (Å²) in [6.45, 7) is 7.77. The normalized spacial score (nSPS) is 19.5. The van der Waals surface area contributed by atoms with E-state index in [-0.39, 0.29) is 18.9 Å². The summed E-state index contributed by atoms with van der Waals surface area (Å²) in [6, 6.07) is 1.88. The molecule has 26 heavy (non-hydrogen) atoms. The van der Waals surface area contributed by atoms with Gasteiger partial charge >= 0.3 is 0 Å². The highest BCUT2D eigenvalue weighted by Crippen LogP contribution is 2.31. The first kappa shape index (κ1) is 22.8. The van der Waals surface area contributed by atoms with Crippen LogP contribution in [0.25, 0.3) is 11.0 Å². The summed E-state index contributed by atoms with van der Waals surface area (Å²) in [5.74, 6) is -0.417. The summed E-state index contributed by atoms with van der Waals surface area (Å²) in [4.78, 5) is 8.16. The largest absolute Gasteiger partial charge is 0.394 e. The van der Waals surface area contributed by atoms with Crippen molar-refractivity contribution < 1.29 is 19.3 Å². The minimum absolute atomic E-state index is 0.0610. The van der Waals surface area contributed by atoms with Gasteiger partial charge in [-0.05, 0) is 32.8 Å². The van der Waals surface area contributed by atoms with Crippen LogP contribution in [0.2, 0.25) is 5.15 Å². The second-order valence-corrected chi connectivity index (χ2v) is 6.26. The van der Waals surface area contributed by atoms with Crippen molar-refractivity contribution in [2.45, 2.75) is 58.7 Å². The van der Waals surface area contributed by atoms with E-state index in [9.17, 15) is 0 Å². The van der Waals surface area contributed by atoms with E-state index in [1.807, 2.05) is 44.5 Å². The molecule has 8 heteroatoms. The molecule has 2 atom stereocenters. The van der Waals surface area contributed by atoms with Gasteiger partial charge in [-0.15, -0.1) is 0 Å². The highest BCUT2D eigenvalue weighted by molar-refractivity contribution is 6.33. The molecule has 0 radical (unpaired) electrons. The minimum atomic E-state index is -0.417. The molecular weight excluding hydrogens is 358 g/mol. The molecule has 0 bridgehead atoms. The summed E-state index contributed by atoms with van der Waals surface area (Å²) in [5, 5.41) is 10.3. The molecule has 0 aliphatic carbocycles. The van der Waals surface area contributed by atoms with Crippen LogP contribution in [-0.4, -0.2) is 52.4 Å². The molecule has 2 aromatic heterocycles. The van der Waals surface area contributed by atoms with Crippen LogP contribution in [0.3, 0.4) is 0 Å². The maximum Gasteiger partial charge on any atom is 0.161 e. The Hall–Kier alpha value is -1.25. The van der Waals surface area contributed by atoms with Crippen molar-refractivity contribution >= 4 is 22.6 Å². The first-order valence-electron chi connectivity index (χ1n) is 8.75. The molecule has 1 aliphatic heterocycles. The fourth-order valence-electron chi connectivity index (χ4n) is 2.28. The van der Waals surface area contributed by atoms with E-state index in [1.54, 1.807) is 14.2 Å². The third-order valence-electron chi connectivity index (χ3n) is 4.04. The van der Waals surface area contributed by atoms with Gasteiger partial charge in [-0.1, -0.05) is 25.4 Å². The SMILES string of the molecule is CC.COC(C)(C)OC.OC[C@@H]1CC[C@H](n2ccc3c(Cl)ncnc32)O1. The van der Waals surface area contributed by atoms with Crippen LogP contribution >= 0.6 is 11.6 Å². The monoisotopic (exact) mass is 387 g/mol. The lowest BCUT2D eigenvalue weighted by atomic mass is 10.2. The summed E-state index contributed by atoms with van der Waals surface area (Å²) in [5.41, 5.74) is 0.772. The Bertz CT molecular complexity index is 657. The Morgan fingerprint density at radius 2 is 1.92 bits per heavy atom. The van der Waals surface area contributed by atoms with Gasteiger partial charge in [-0.25, -0.2) is 9.97 Å². The summed E-state index contributed by atoms with van der Waals surface area (Å²) >= 11 is 5.99. The van der Waals surface area contributed by atoms with E-state index in [4.69, 9.17) is 30.9 Å². The van der Waals surface area contributed by atoms with Gasteiger partial charge in [-0.3, -0.25) is 0 Å². The van der Waals surface area contributed by atoms with E-state index in [0.717, 1.165) is 23.9 Å². The fraction of sp³-hybridized carbons (Fsp3) is 0.667. The summed E-state index contributed by atoms with van der Waals surface area (Å²) in [6.07, 6.45) is 4.93. The van der Waals surface area contributed by atoms with Crippen molar-refractivity contribution in [2.75, 3.05) is 20.8 Å². The lowest BCUT2D eigenvalue weighted by Crippen LogP contribution is -2.24. The van der Waals surface area contributed by atoms with Crippen molar-refractivity contribution in [3.63, 3.8) is 0 Å². The number of aliphatic hydroxyl groups excluding tert-OH is 1. The Balaban J connectivity index is 0.000000321. The molecule has 1 N–H and O–H groups in total. The fourth-order valence-corrected chi connectivity index (χ4v) is 2.47. The maximum absolute atomic E-state index is 9.06. The lowest BCUT2D eigenvalue weighted by molar-refractivity contribution is -0.178. The van der Waals surface area contributed by atoms with Gasteiger partial charge in [0.25, 0.3) is 0 Å². The van der Waals surface area contributed by atoms with Crippen molar-refractivity contribution in [1.29, 1.82) is 0 Å². The number of aliphatic hydroxyl groups is 1. The Morgan fingerprint density at radius 1 is 1.27 bits per heavy atom. The van der Waals surface area contributed by atoms with Crippen LogP contribution in [-0.2, 0) is 14.2 Å². The molecule has 0 aromatic carbocycles. The van der Waals surface area contributed by atoms with Crippen LogP contribution in [0.15, 0.2) is 18.6 Å². The zero-order chi connectivity index (χ0) is 19.7. The van der Waals surface area contributed by atoms with Crippen LogP contribution in [0.1, 0.15) is 46.8 Å². The van der Waals surface area contributed by atoms with E-state index in [0.29, 0.717) is 5.15 Å². The molecular formula is C18H30ClN3O4. The van der Waals surface area contributed by atoms with Crippen LogP contribution in [0, 0.1) is 0 Å². The number of ether oxygens (including phenoxy) is 3. The number of aromatic nitrogens is 3. The number of hydrogen-bond donors (Lipinski definition) is 1. The molecule has 0 amide bonds. The van der Waals surface area contributed by atoms with Crippen LogP contribution in [0.4, 0.5) is 0 Å². The molecule has 0 unspecified atom stereocenters. The molecule has 1 fully saturated rings. The number of halogens is 1.